The SMILES string of the molecule is O=C(O)c1cccc(OCC2CCN(c3ccc(NC(=O)c4cc(-c5ccco5)on4)cn3)CC2)c1. The van der Waals surface area contributed by atoms with Crippen LogP contribution < -0.4 is 15.0 Å². The molecule has 0 unspecified atom stereocenters. The maximum atomic E-state index is 12.5. The summed E-state index contributed by atoms with van der Waals surface area (Å²) in [5.41, 5.74) is 0.912. The molecule has 0 radical (unpaired) electrons. The van der Waals surface area contributed by atoms with E-state index in [1.54, 1.807) is 48.7 Å². The molecule has 3 aromatic heterocycles. The molecule has 0 spiro atoms. The summed E-state index contributed by atoms with van der Waals surface area (Å²) in [6, 6.07) is 15.2. The Kier molecular flexibility index (Phi) is 6.65. The molecular formula is C26H24N4O6. The number of anilines is 2. The number of hydrogen-bond acceptors (Lipinski definition) is 8. The highest BCUT2D eigenvalue weighted by atomic mass is 16.5. The maximum absolute atomic E-state index is 12.5. The van der Waals surface area contributed by atoms with Crippen molar-refractivity contribution in [3.05, 3.63) is 78.3 Å². The Morgan fingerprint density at radius 1 is 1.08 bits per heavy atom. The Morgan fingerprint density at radius 3 is 2.67 bits per heavy atom. The van der Waals surface area contributed by atoms with Gasteiger partial charge in [0.1, 0.15) is 11.6 Å². The van der Waals surface area contributed by atoms with Crippen LogP contribution in [0, 0.1) is 5.92 Å². The Labute approximate surface area is 206 Å². The molecule has 1 aromatic carbocycles. The number of benzene rings is 1. The molecule has 0 atom stereocenters. The van der Waals surface area contributed by atoms with Crippen LogP contribution in [-0.4, -0.2) is 46.8 Å². The first-order valence-corrected chi connectivity index (χ1v) is 11.5. The normalized spacial score (nSPS) is 13.9. The van der Waals surface area contributed by atoms with E-state index in [0.29, 0.717) is 35.5 Å². The number of aromatic nitrogens is 2. The summed E-state index contributed by atoms with van der Waals surface area (Å²) in [5.74, 6) is 1.28. The Balaban J connectivity index is 1.10. The lowest BCUT2D eigenvalue weighted by Crippen LogP contribution is -2.36. The number of furan rings is 1. The van der Waals surface area contributed by atoms with Crippen LogP contribution in [0.3, 0.4) is 0 Å². The van der Waals surface area contributed by atoms with Crippen molar-refractivity contribution in [2.75, 3.05) is 29.9 Å². The smallest absolute Gasteiger partial charge is 0.335 e. The summed E-state index contributed by atoms with van der Waals surface area (Å²) in [5, 5.41) is 15.7. The lowest BCUT2D eigenvalue weighted by molar-refractivity contribution is 0.0696. The lowest BCUT2D eigenvalue weighted by Gasteiger charge is -2.32. The second-order valence-electron chi connectivity index (χ2n) is 8.49. The van der Waals surface area contributed by atoms with Gasteiger partial charge in [-0.1, -0.05) is 11.2 Å². The number of aromatic carboxylic acids is 1. The van der Waals surface area contributed by atoms with Gasteiger partial charge in [0, 0.05) is 19.2 Å². The van der Waals surface area contributed by atoms with Crippen LogP contribution in [0.25, 0.3) is 11.5 Å². The predicted molar refractivity (Wildman–Crippen MR) is 130 cm³/mol. The molecule has 4 aromatic rings. The highest BCUT2D eigenvalue weighted by Gasteiger charge is 2.21. The predicted octanol–water partition coefficient (Wildman–Crippen LogP) is 4.58. The second-order valence-corrected chi connectivity index (χ2v) is 8.49. The largest absolute Gasteiger partial charge is 0.493 e. The number of hydrogen-bond donors (Lipinski definition) is 2. The van der Waals surface area contributed by atoms with E-state index in [-0.39, 0.29) is 11.3 Å². The van der Waals surface area contributed by atoms with Crippen LogP contribution >= 0.6 is 0 Å². The minimum Gasteiger partial charge on any atom is -0.493 e. The third-order valence-electron chi connectivity index (χ3n) is 6.02. The zero-order valence-corrected chi connectivity index (χ0v) is 19.3. The number of carboxylic acid groups (broad SMARTS) is 1. The molecule has 10 nitrogen and oxygen atoms in total. The minimum absolute atomic E-state index is 0.143. The molecule has 1 amide bonds. The molecule has 184 valence electrons. The molecule has 4 heterocycles. The molecule has 36 heavy (non-hydrogen) atoms. The summed E-state index contributed by atoms with van der Waals surface area (Å²) < 4.78 is 16.3. The summed E-state index contributed by atoms with van der Waals surface area (Å²) in [4.78, 5) is 30.3. The molecule has 5 rings (SSSR count). The zero-order valence-electron chi connectivity index (χ0n) is 19.3. The van der Waals surface area contributed by atoms with Gasteiger partial charge in [-0.2, -0.15) is 0 Å². The summed E-state index contributed by atoms with van der Waals surface area (Å²) in [7, 11) is 0. The van der Waals surface area contributed by atoms with Gasteiger partial charge in [0.25, 0.3) is 5.91 Å². The Morgan fingerprint density at radius 2 is 1.94 bits per heavy atom. The van der Waals surface area contributed by atoms with Crippen molar-refractivity contribution in [3.8, 4) is 17.3 Å². The third-order valence-corrected chi connectivity index (χ3v) is 6.02. The number of amides is 1. The Bertz CT molecular complexity index is 1320. The van der Waals surface area contributed by atoms with Crippen LogP contribution in [0.5, 0.6) is 5.75 Å². The zero-order chi connectivity index (χ0) is 24.9. The number of carboxylic acids is 1. The number of rotatable bonds is 8. The van der Waals surface area contributed by atoms with E-state index in [4.69, 9.17) is 18.8 Å². The molecule has 0 bridgehead atoms. The first-order chi connectivity index (χ1) is 17.5. The molecule has 0 aliphatic carbocycles. The molecule has 1 aliphatic heterocycles. The molecule has 1 saturated heterocycles. The topological polar surface area (TPSA) is 131 Å². The van der Waals surface area contributed by atoms with Gasteiger partial charge in [0.15, 0.2) is 11.5 Å². The average Bonchev–Trinajstić information content (AvgIpc) is 3.61. The molecule has 1 aliphatic rings. The van der Waals surface area contributed by atoms with E-state index >= 15 is 0 Å². The van der Waals surface area contributed by atoms with E-state index in [2.05, 4.69) is 20.4 Å². The van der Waals surface area contributed by atoms with E-state index < -0.39 is 11.9 Å². The minimum atomic E-state index is -0.968. The Hall–Kier alpha value is -4.60. The number of pyridine rings is 1. The number of carbonyl (C=O) groups is 2. The van der Waals surface area contributed by atoms with Gasteiger partial charge in [-0.3, -0.25) is 4.79 Å². The number of nitrogens with zero attached hydrogens (tertiary/aromatic N) is 3. The first kappa shape index (κ1) is 23.2. The van der Waals surface area contributed by atoms with E-state index in [1.807, 2.05) is 6.07 Å². The highest BCUT2D eigenvalue weighted by molar-refractivity contribution is 6.03. The van der Waals surface area contributed by atoms with Crippen molar-refractivity contribution in [1.29, 1.82) is 0 Å². The van der Waals surface area contributed by atoms with Crippen molar-refractivity contribution in [3.63, 3.8) is 0 Å². The van der Waals surface area contributed by atoms with Crippen molar-refractivity contribution in [2.45, 2.75) is 12.8 Å². The molecular weight excluding hydrogens is 464 g/mol. The number of piperidine rings is 1. The monoisotopic (exact) mass is 488 g/mol. The average molecular weight is 489 g/mol. The van der Waals surface area contributed by atoms with Crippen LogP contribution in [0.15, 0.2) is 76.0 Å². The van der Waals surface area contributed by atoms with Gasteiger partial charge >= 0.3 is 5.97 Å². The standard InChI is InChI=1S/C26H24N4O6/c31-25(21-14-23(36-29-21)22-5-2-12-34-22)28-19-6-7-24(27-15-19)30-10-8-17(9-11-30)16-35-20-4-1-3-18(13-20)26(32)33/h1-7,12-15,17H,8-11,16H2,(H,28,31)(H,32,33). The number of nitrogens with one attached hydrogen (secondary N) is 1. The number of carbonyl (C=O) groups excluding carboxylic acids is 1. The fourth-order valence-corrected chi connectivity index (χ4v) is 4.02. The third kappa shape index (κ3) is 5.38. The van der Waals surface area contributed by atoms with Gasteiger partial charge in [0.2, 0.25) is 5.76 Å². The van der Waals surface area contributed by atoms with E-state index in [9.17, 15) is 9.59 Å². The fraction of sp³-hybridized carbons (Fsp3) is 0.231. The summed E-state index contributed by atoms with van der Waals surface area (Å²) in [6.45, 7) is 2.20. The van der Waals surface area contributed by atoms with Gasteiger partial charge in [-0.25, -0.2) is 9.78 Å². The summed E-state index contributed by atoms with van der Waals surface area (Å²) >= 11 is 0. The van der Waals surface area contributed by atoms with Crippen molar-refractivity contribution >= 4 is 23.4 Å². The first-order valence-electron chi connectivity index (χ1n) is 11.5. The van der Waals surface area contributed by atoms with Crippen molar-refractivity contribution in [1.82, 2.24) is 10.1 Å². The van der Waals surface area contributed by atoms with Gasteiger partial charge in [-0.05, 0) is 61.2 Å². The maximum Gasteiger partial charge on any atom is 0.335 e. The van der Waals surface area contributed by atoms with Crippen LogP contribution in [0.2, 0.25) is 0 Å². The van der Waals surface area contributed by atoms with Crippen molar-refractivity contribution in [2.24, 2.45) is 5.92 Å². The summed E-state index contributed by atoms with van der Waals surface area (Å²) in [6.07, 6.45) is 5.00. The van der Waals surface area contributed by atoms with E-state index in [1.165, 1.54) is 12.3 Å². The highest BCUT2D eigenvalue weighted by Crippen LogP contribution is 2.25. The van der Waals surface area contributed by atoms with Crippen molar-refractivity contribution < 1.29 is 28.4 Å². The number of ether oxygens (including phenoxy) is 1. The van der Waals surface area contributed by atoms with Crippen LogP contribution in [0.4, 0.5) is 11.5 Å². The second kappa shape index (κ2) is 10.3. The molecule has 2 N–H and O–H groups in total. The van der Waals surface area contributed by atoms with Crippen LogP contribution in [0.1, 0.15) is 33.7 Å². The quantitative estimate of drug-likeness (QED) is 0.366. The lowest BCUT2D eigenvalue weighted by atomic mass is 9.98. The van der Waals surface area contributed by atoms with Gasteiger partial charge in [-0.15, -0.1) is 0 Å². The van der Waals surface area contributed by atoms with Gasteiger partial charge in [0.05, 0.1) is 30.3 Å². The van der Waals surface area contributed by atoms with E-state index in [0.717, 1.165) is 31.7 Å². The molecule has 0 saturated carbocycles. The van der Waals surface area contributed by atoms with Gasteiger partial charge < -0.3 is 29.0 Å². The van der Waals surface area contributed by atoms with Crippen LogP contribution in [-0.2, 0) is 0 Å². The molecule has 10 heteroatoms. The molecule has 1 fully saturated rings. The fourth-order valence-electron chi connectivity index (χ4n) is 4.02.